The maximum atomic E-state index is 14.5. The molecule has 2 nitrogen and oxygen atoms in total. The Hall–Kier alpha value is -2.01. The molecule has 0 atom stereocenters. The second-order valence-electron chi connectivity index (χ2n) is 5.20. The third-order valence-electron chi connectivity index (χ3n) is 3.72. The topological polar surface area (TPSA) is 33.1 Å². The van der Waals surface area contributed by atoms with Crippen LogP contribution in [0.5, 0.6) is 0 Å². The molecule has 0 fully saturated rings. The number of hydrogen-bond acceptors (Lipinski definition) is 2. The van der Waals surface area contributed by atoms with Crippen LogP contribution in [0.15, 0.2) is 60.9 Å². The number of aromatic nitrogens is 1. The fourth-order valence-corrected chi connectivity index (χ4v) is 2.92. The van der Waals surface area contributed by atoms with Gasteiger partial charge in [0.25, 0.3) is 0 Å². The molecule has 3 rings (SSSR count). The van der Waals surface area contributed by atoms with Crippen LogP contribution in [0.1, 0.15) is 16.7 Å². The van der Waals surface area contributed by atoms with Gasteiger partial charge in [-0.25, -0.2) is 8.78 Å². The summed E-state index contributed by atoms with van der Waals surface area (Å²) < 4.78 is 29.0. The van der Waals surface area contributed by atoms with Gasteiger partial charge in [-0.05, 0) is 30.3 Å². The van der Waals surface area contributed by atoms with E-state index in [-0.39, 0.29) is 26.7 Å². The molecule has 24 heavy (non-hydrogen) atoms. The lowest BCUT2D eigenvalue weighted by Crippen LogP contribution is -2.31. The van der Waals surface area contributed by atoms with Crippen LogP contribution < -0.4 is 0 Å². The Labute approximate surface area is 147 Å². The summed E-state index contributed by atoms with van der Waals surface area (Å²) in [6, 6.07) is 10.7. The summed E-state index contributed by atoms with van der Waals surface area (Å²) in [7, 11) is 0. The third-order valence-corrected chi connectivity index (χ3v) is 4.19. The lowest BCUT2D eigenvalue weighted by atomic mass is 9.80. The summed E-state index contributed by atoms with van der Waals surface area (Å²) in [5, 5.41) is 11.7. The van der Waals surface area contributed by atoms with Crippen LogP contribution >= 0.6 is 23.2 Å². The number of halogens is 4. The van der Waals surface area contributed by atoms with E-state index in [1.807, 2.05) is 0 Å². The Morgan fingerprint density at radius 3 is 1.83 bits per heavy atom. The van der Waals surface area contributed by atoms with Crippen LogP contribution in [0.25, 0.3) is 0 Å². The second-order valence-corrected chi connectivity index (χ2v) is 6.07. The van der Waals surface area contributed by atoms with Crippen LogP contribution in [-0.2, 0) is 5.60 Å². The highest BCUT2D eigenvalue weighted by molar-refractivity contribution is 6.30. The zero-order valence-electron chi connectivity index (χ0n) is 12.2. The summed E-state index contributed by atoms with van der Waals surface area (Å²) >= 11 is 11.6. The first kappa shape index (κ1) is 16.8. The van der Waals surface area contributed by atoms with Gasteiger partial charge in [-0.3, -0.25) is 4.98 Å². The largest absolute Gasteiger partial charge is 0.376 e. The number of benzene rings is 2. The Morgan fingerprint density at radius 1 is 0.875 bits per heavy atom. The van der Waals surface area contributed by atoms with E-state index < -0.39 is 17.2 Å². The molecule has 1 aromatic heterocycles. The van der Waals surface area contributed by atoms with Gasteiger partial charge in [0.15, 0.2) is 0 Å². The van der Waals surface area contributed by atoms with E-state index in [1.165, 1.54) is 42.7 Å². The summed E-state index contributed by atoms with van der Waals surface area (Å²) in [5.41, 5.74) is -2.15. The summed E-state index contributed by atoms with van der Waals surface area (Å²) in [6.45, 7) is 0. The molecule has 0 saturated heterocycles. The summed E-state index contributed by atoms with van der Waals surface area (Å²) in [5.74, 6) is -1.52. The van der Waals surface area contributed by atoms with Crippen molar-refractivity contribution in [1.82, 2.24) is 4.98 Å². The maximum absolute atomic E-state index is 14.5. The monoisotopic (exact) mass is 365 g/mol. The molecule has 0 aliphatic carbocycles. The molecule has 0 saturated carbocycles. The SMILES string of the molecule is OC(c1cccnc1)(c1ccc(Cl)cc1F)c1ccc(Cl)cc1F. The molecule has 0 unspecified atom stereocenters. The average molecular weight is 366 g/mol. The highest BCUT2D eigenvalue weighted by Gasteiger charge is 2.38. The average Bonchev–Trinajstić information content (AvgIpc) is 2.55. The molecule has 1 heterocycles. The quantitative estimate of drug-likeness (QED) is 0.712. The van der Waals surface area contributed by atoms with Crippen LogP contribution in [0.4, 0.5) is 8.78 Å². The molecular weight excluding hydrogens is 355 g/mol. The Kier molecular flexibility index (Phi) is 4.54. The maximum Gasteiger partial charge on any atom is 0.147 e. The van der Waals surface area contributed by atoms with Crippen LogP contribution in [0, 0.1) is 11.6 Å². The fourth-order valence-electron chi connectivity index (χ4n) is 2.60. The van der Waals surface area contributed by atoms with E-state index in [0.29, 0.717) is 0 Å². The molecule has 0 aliphatic rings. The molecule has 0 bridgehead atoms. The molecule has 6 heteroatoms. The first-order valence-corrected chi connectivity index (χ1v) is 7.72. The highest BCUT2D eigenvalue weighted by atomic mass is 35.5. The molecule has 0 amide bonds. The molecular formula is C18H11Cl2F2NO. The van der Waals surface area contributed by atoms with Crippen molar-refractivity contribution in [3.8, 4) is 0 Å². The van der Waals surface area contributed by atoms with E-state index in [0.717, 1.165) is 12.1 Å². The van der Waals surface area contributed by atoms with Crippen LogP contribution in [0.2, 0.25) is 10.0 Å². The zero-order valence-corrected chi connectivity index (χ0v) is 13.7. The Balaban J connectivity index is 2.33. The molecule has 122 valence electrons. The molecule has 0 spiro atoms. The van der Waals surface area contributed by atoms with Gasteiger partial charge in [-0.1, -0.05) is 41.4 Å². The molecule has 0 radical (unpaired) electrons. The van der Waals surface area contributed by atoms with Crippen molar-refractivity contribution in [2.45, 2.75) is 5.60 Å². The smallest absolute Gasteiger partial charge is 0.147 e. The second kappa shape index (κ2) is 6.48. The van der Waals surface area contributed by atoms with E-state index in [2.05, 4.69) is 4.98 Å². The Bertz CT molecular complexity index is 836. The lowest BCUT2D eigenvalue weighted by molar-refractivity contribution is 0.116. The van der Waals surface area contributed by atoms with Gasteiger partial charge in [0, 0.05) is 39.1 Å². The fraction of sp³-hybridized carbons (Fsp3) is 0.0556. The molecule has 2 aromatic carbocycles. The van der Waals surface area contributed by atoms with Crippen molar-refractivity contribution in [3.05, 3.63) is 99.3 Å². The highest BCUT2D eigenvalue weighted by Crippen LogP contribution is 2.39. The van der Waals surface area contributed by atoms with Gasteiger partial charge < -0.3 is 5.11 Å². The van der Waals surface area contributed by atoms with Gasteiger partial charge in [0.05, 0.1) is 0 Å². The first-order valence-electron chi connectivity index (χ1n) is 6.97. The standard InChI is InChI=1S/C18H11Cl2F2NO/c19-12-3-5-14(16(21)8-12)18(24,11-2-1-7-23-10-11)15-6-4-13(20)9-17(15)22/h1-10,24H. The van der Waals surface area contributed by atoms with Gasteiger partial charge >= 0.3 is 0 Å². The number of pyridine rings is 1. The number of hydrogen-bond donors (Lipinski definition) is 1. The van der Waals surface area contributed by atoms with Gasteiger partial charge in [-0.15, -0.1) is 0 Å². The van der Waals surface area contributed by atoms with E-state index in [9.17, 15) is 13.9 Å². The number of nitrogens with zero attached hydrogens (tertiary/aromatic N) is 1. The number of rotatable bonds is 3. The summed E-state index contributed by atoms with van der Waals surface area (Å²) in [6.07, 6.45) is 2.85. The predicted molar refractivity (Wildman–Crippen MR) is 89.2 cm³/mol. The normalized spacial score (nSPS) is 11.5. The van der Waals surface area contributed by atoms with Gasteiger partial charge in [0.1, 0.15) is 17.2 Å². The third kappa shape index (κ3) is 2.88. The van der Waals surface area contributed by atoms with Crippen molar-refractivity contribution in [3.63, 3.8) is 0 Å². The minimum atomic E-state index is -2.09. The van der Waals surface area contributed by atoms with Crippen molar-refractivity contribution < 1.29 is 13.9 Å². The van der Waals surface area contributed by atoms with Gasteiger partial charge in [0.2, 0.25) is 0 Å². The first-order chi connectivity index (χ1) is 11.4. The molecule has 3 aromatic rings. The molecule has 0 aliphatic heterocycles. The predicted octanol–water partition coefficient (Wildman–Crippen LogP) is 4.95. The van der Waals surface area contributed by atoms with Crippen molar-refractivity contribution in [2.75, 3.05) is 0 Å². The van der Waals surface area contributed by atoms with E-state index in [1.54, 1.807) is 6.07 Å². The zero-order chi connectivity index (χ0) is 17.3. The minimum Gasteiger partial charge on any atom is -0.376 e. The van der Waals surface area contributed by atoms with Gasteiger partial charge in [-0.2, -0.15) is 0 Å². The van der Waals surface area contributed by atoms with Crippen LogP contribution in [0.3, 0.4) is 0 Å². The lowest BCUT2D eigenvalue weighted by Gasteiger charge is -2.30. The van der Waals surface area contributed by atoms with Crippen LogP contribution in [-0.4, -0.2) is 10.1 Å². The molecule has 1 N–H and O–H groups in total. The van der Waals surface area contributed by atoms with Crippen molar-refractivity contribution in [2.24, 2.45) is 0 Å². The minimum absolute atomic E-state index is 0.138. The van der Waals surface area contributed by atoms with E-state index >= 15 is 0 Å². The van der Waals surface area contributed by atoms with Crippen molar-refractivity contribution >= 4 is 23.2 Å². The van der Waals surface area contributed by atoms with E-state index in [4.69, 9.17) is 23.2 Å². The Morgan fingerprint density at radius 2 is 1.42 bits per heavy atom. The summed E-state index contributed by atoms with van der Waals surface area (Å²) in [4.78, 5) is 3.94. The van der Waals surface area contributed by atoms with Crippen molar-refractivity contribution in [1.29, 1.82) is 0 Å². The number of aliphatic hydroxyl groups is 1.